The number of benzene rings is 1. The summed E-state index contributed by atoms with van der Waals surface area (Å²) >= 11 is 1.11. The van der Waals surface area contributed by atoms with Crippen LogP contribution in [0.4, 0.5) is 10.7 Å². The quantitative estimate of drug-likeness (QED) is 0.547. The number of anilines is 2. The van der Waals surface area contributed by atoms with E-state index < -0.39 is 18.0 Å². The molecule has 2 rings (SSSR count). The van der Waals surface area contributed by atoms with E-state index in [4.69, 9.17) is 4.74 Å². The molecule has 0 aliphatic heterocycles. The van der Waals surface area contributed by atoms with Gasteiger partial charge in [0.1, 0.15) is 4.88 Å². The van der Waals surface area contributed by atoms with Crippen molar-refractivity contribution in [2.24, 2.45) is 5.41 Å². The van der Waals surface area contributed by atoms with Crippen molar-refractivity contribution in [1.29, 1.82) is 0 Å². The van der Waals surface area contributed by atoms with Gasteiger partial charge in [0.25, 0.3) is 0 Å². The highest BCUT2D eigenvalue weighted by Crippen LogP contribution is 2.29. The second-order valence-electron chi connectivity index (χ2n) is 7.58. The highest BCUT2D eigenvalue weighted by Gasteiger charge is 2.23. The maximum Gasteiger partial charge on any atom is 0.349 e. The van der Waals surface area contributed by atoms with Gasteiger partial charge in [-0.3, -0.25) is 14.4 Å². The van der Waals surface area contributed by atoms with Crippen LogP contribution < -0.4 is 10.6 Å². The molecule has 0 unspecified atom stereocenters. The predicted octanol–water partition coefficient (Wildman–Crippen LogP) is 4.04. The monoisotopic (exact) mass is 416 g/mol. The molecule has 1 aromatic heterocycles. The summed E-state index contributed by atoms with van der Waals surface area (Å²) in [5.41, 5.74) is 1.05. The molecule has 0 aliphatic rings. The molecule has 0 bridgehead atoms. The fourth-order valence-corrected chi connectivity index (χ4v) is 3.23. The van der Waals surface area contributed by atoms with E-state index in [1.54, 1.807) is 58.0 Å². The summed E-state index contributed by atoms with van der Waals surface area (Å²) in [7, 11) is 0. The SMILES string of the molecule is CC(=O)Nc1ccc(C(=O)COC(=O)c2sc(NC(=O)C(C)(C)C)cc2C)cc1. The van der Waals surface area contributed by atoms with Crippen molar-refractivity contribution in [3.05, 3.63) is 46.3 Å². The zero-order chi connectivity index (χ0) is 21.8. The van der Waals surface area contributed by atoms with Gasteiger partial charge in [-0.1, -0.05) is 20.8 Å². The fourth-order valence-electron chi connectivity index (χ4n) is 2.27. The Balaban J connectivity index is 1.97. The zero-order valence-electron chi connectivity index (χ0n) is 17.0. The van der Waals surface area contributed by atoms with Crippen LogP contribution in [0.2, 0.25) is 0 Å². The van der Waals surface area contributed by atoms with E-state index in [2.05, 4.69) is 10.6 Å². The average molecular weight is 416 g/mol. The number of thiophene rings is 1. The topological polar surface area (TPSA) is 102 Å². The van der Waals surface area contributed by atoms with Gasteiger partial charge in [-0.05, 0) is 42.8 Å². The molecule has 29 heavy (non-hydrogen) atoms. The lowest BCUT2D eigenvalue weighted by Crippen LogP contribution is -2.27. The van der Waals surface area contributed by atoms with E-state index in [-0.39, 0.29) is 17.6 Å². The van der Waals surface area contributed by atoms with Crippen LogP contribution in [0.3, 0.4) is 0 Å². The lowest BCUT2D eigenvalue weighted by atomic mass is 9.96. The molecule has 2 amide bonds. The first kappa shape index (κ1) is 22.3. The number of ketones is 1. The average Bonchev–Trinajstić information content (AvgIpc) is 2.99. The van der Waals surface area contributed by atoms with E-state index in [0.717, 1.165) is 11.3 Å². The van der Waals surface area contributed by atoms with Gasteiger partial charge in [0.05, 0.1) is 5.00 Å². The van der Waals surface area contributed by atoms with Crippen LogP contribution in [-0.4, -0.2) is 30.2 Å². The van der Waals surface area contributed by atoms with Gasteiger partial charge in [0.2, 0.25) is 11.8 Å². The van der Waals surface area contributed by atoms with Crippen LogP contribution in [-0.2, 0) is 14.3 Å². The van der Waals surface area contributed by atoms with Gasteiger partial charge in [0, 0.05) is 23.6 Å². The Morgan fingerprint density at radius 1 is 1.03 bits per heavy atom. The third kappa shape index (κ3) is 6.25. The van der Waals surface area contributed by atoms with Gasteiger partial charge in [-0.15, -0.1) is 11.3 Å². The molecule has 7 nitrogen and oxygen atoms in total. The molecule has 1 aromatic carbocycles. The van der Waals surface area contributed by atoms with Gasteiger partial charge in [0.15, 0.2) is 12.4 Å². The number of hydrogen-bond acceptors (Lipinski definition) is 6. The lowest BCUT2D eigenvalue weighted by Gasteiger charge is -2.16. The molecule has 1 heterocycles. The van der Waals surface area contributed by atoms with Crippen molar-refractivity contribution in [3.8, 4) is 0 Å². The molecule has 0 aliphatic carbocycles. The number of amides is 2. The van der Waals surface area contributed by atoms with Crippen LogP contribution in [0.5, 0.6) is 0 Å². The Bertz CT molecular complexity index is 939. The molecule has 0 spiro atoms. The highest BCUT2D eigenvalue weighted by molar-refractivity contribution is 7.18. The zero-order valence-corrected chi connectivity index (χ0v) is 17.9. The van der Waals surface area contributed by atoms with E-state index in [9.17, 15) is 19.2 Å². The van der Waals surface area contributed by atoms with Crippen molar-refractivity contribution in [2.45, 2.75) is 34.6 Å². The highest BCUT2D eigenvalue weighted by atomic mass is 32.1. The molecular weight excluding hydrogens is 392 g/mol. The van der Waals surface area contributed by atoms with Gasteiger partial charge >= 0.3 is 5.97 Å². The molecule has 8 heteroatoms. The summed E-state index contributed by atoms with van der Waals surface area (Å²) in [6, 6.07) is 8.01. The van der Waals surface area contributed by atoms with Crippen molar-refractivity contribution in [3.63, 3.8) is 0 Å². The second-order valence-corrected chi connectivity index (χ2v) is 8.64. The van der Waals surface area contributed by atoms with E-state index in [0.29, 0.717) is 26.7 Å². The first-order valence-electron chi connectivity index (χ1n) is 8.97. The largest absolute Gasteiger partial charge is 0.453 e. The Kier molecular flexibility index (Phi) is 6.92. The minimum Gasteiger partial charge on any atom is -0.453 e. The number of carbonyl (C=O) groups excluding carboxylic acids is 4. The van der Waals surface area contributed by atoms with Crippen LogP contribution in [0, 0.1) is 12.3 Å². The molecule has 0 saturated heterocycles. The van der Waals surface area contributed by atoms with Crippen molar-refractivity contribution < 1.29 is 23.9 Å². The molecule has 2 N–H and O–H groups in total. The smallest absolute Gasteiger partial charge is 0.349 e. The standard InChI is InChI=1S/C21H24N2O5S/c1-12-10-17(23-20(27)21(3,4)5)29-18(12)19(26)28-11-16(25)14-6-8-15(9-7-14)22-13(2)24/h6-10H,11H2,1-5H3,(H,22,24)(H,23,27). The molecule has 0 radical (unpaired) electrons. The molecule has 0 saturated carbocycles. The maximum absolute atomic E-state index is 12.3. The van der Waals surface area contributed by atoms with Gasteiger partial charge in [-0.25, -0.2) is 4.79 Å². The van der Waals surface area contributed by atoms with E-state index >= 15 is 0 Å². The Morgan fingerprint density at radius 3 is 2.21 bits per heavy atom. The Hall–Kier alpha value is -3.00. The summed E-state index contributed by atoms with van der Waals surface area (Å²) < 4.78 is 5.14. The summed E-state index contributed by atoms with van der Waals surface area (Å²) in [6.07, 6.45) is 0. The number of nitrogens with one attached hydrogen (secondary N) is 2. The minimum absolute atomic E-state index is 0.156. The molecular formula is C21H24N2O5S. The molecule has 0 atom stereocenters. The first-order chi connectivity index (χ1) is 13.5. The third-order valence-corrected chi connectivity index (χ3v) is 5.02. The summed E-state index contributed by atoms with van der Waals surface area (Å²) in [6.45, 7) is 8.12. The normalized spacial score (nSPS) is 10.9. The fraction of sp³-hybridized carbons (Fsp3) is 0.333. The summed E-state index contributed by atoms with van der Waals surface area (Å²) in [5, 5.41) is 5.94. The van der Waals surface area contributed by atoms with Gasteiger partial charge in [-0.2, -0.15) is 0 Å². The van der Waals surface area contributed by atoms with Crippen molar-refractivity contribution in [1.82, 2.24) is 0 Å². The first-order valence-corrected chi connectivity index (χ1v) is 9.79. The van der Waals surface area contributed by atoms with Crippen molar-refractivity contribution >= 4 is 45.6 Å². The second kappa shape index (κ2) is 9.00. The third-order valence-electron chi connectivity index (χ3n) is 3.88. The Morgan fingerprint density at radius 2 is 1.66 bits per heavy atom. The predicted molar refractivity (Wildman–Crippen MR) is 112 cm³/mol. The van der Waals surface area contributed by atoms with Crippen LogP contribution in [0.25, 0.3) is 0 Å². The number of aryl methyl sites for hydroxylation is 1. The molecule has 2 aromatic rings. The number of Topliss-reactive ketones (excluding diaryl/α,β-unsaturated/α-hetero) is 1. The minimum atomic E-state index is -0.619. The van der Waals surface area contributed by atoms with E-state index in [1.807, 2.05) is 0 Å². The number of ether oxygens (including phenoxy) is 1. The summed E-state index contributed by atoms with van der Waals surface area (Å²) in [4.78, 5) is 48.0. The van der Waals surface area contributed by atoms with Crippen molar-refractivity contribution in [2.75, 3.05) is 17.2 Å². The number of carbonyl (C=O) groups is 4. The Labute approximate surface area is 173 Å². The number of hydrogen-bond donors (Lipinski definition) is 2. The molecule has 154 valence electrons. The number of esters is 1. The van der Waals surface area contributed by atoms with Gasteiger partial charge < -0.3 is 15.4 Å². The lowest BCUT2D eigenvalue weighted by molar-refractivity contribution is -0.123. The number of rotatable bonds is 6. The van der Waals surface area contributed by atoms with Crippen LogP contribution >= 0.6 is 11.3 Å². The van der Waals surface area contributed by atoms with Crippen LogP contribution in [0.15, 0.2) is 30.3 Å². The van der Waals surface area contributed by atoms with Crippen LogP contribution in [0.1, 0.15) is 53.3 Å². The maximum atomic E-state index is 12.3. The van der Waals surface area contributed by atoms with E-state index in [1.165, 1.54) is 6.92 Å². The molecule has 0 fully saturated rings. The summed E-state index contributed by atoms with van der Waals surface area (Å²) in [5.74, 6) is -1.34.